The Morgan fingerprint density at radius 1 is 0.623 bits per heavy atom. The summed E-state index contributed by atoms with van der Waals surface area (Å²) in [4.78, 5) is 27.0. The Bertz CT molecular complexity index is 2590. The lowest BCUT2D eigenvalue weighted by molar-refractivity contribution is -0.205. The van der Waals surface area contributed by atoms with E-state index in [0.717, 1.165) is 33.4 Å². The number of fused-ring (bicyclic) bond motifs is 2. The van der Waals surface area contributed by atoms with Gasteiger partial charge in [0.15, 0.2) is 23.5 Å². The van der Waals surface area contributed by atoms with Crippen LogP contribution in [0.4, 0.5) is 5.82 Å². The zero-order valence-corrected chi connectivity index (χ0v) is 33.8. The molecule has 304 valence electrons. The van der Waals surface area contributed by atoms with Crippen molar-refractivity contribution in [2.45, 2.75) is 55.3 Å². The number of aromatic nitrogens is 4. The highest BCUT2D eigenvalue weighted by atomic mass is 16.8. The van der Waals surface area contributed by atoms with Crippen LogP contribution < -0.4 is 11.0 Å². The molecule has 2 aliphatic heterocycles. The number of anilines is 1. The van der Waals surface area contributed by atoms with Crippen molar-refractivity contribution in [3.63, 3.8) is 0 Å². The first-order valence-electron chi connectivity index (χ1n) is 20.6. The van der Waals surface area contributed by atoms with E-state index in [1.54, 1.807) is 0 Å². The summed E-state index contributed by atoms with van der Waals surface area (Å²) in [7, 11) is 0. The Balaban J connectivity index is 1.05. The van der Waals surface area contributed by atoms with E-state index in [4.69, 9.17) is 28.9 Å². The van der Waals surface area contributed by atoms with Crippen molar-refractivity contribution in [1.82, 2.24) is 19.5 Å². The molecule has 0 radical (unpaired) electrons. The Morgan fingerprint density at radius 3 is 1.51 bits per heavy atom. The number of imidazole rings is 1. The first kappa shape index (κ1) is 38.5. The Kier molecular flexibility index (Phi) is 9.93. The summed E-state index contributed by atoms with van der Waals surface area (Å²) >= 11 is 0. The monoisotopic (exact) mass is 807 g/mol. The second-order valence-corrected chi connectivity index (χ2v) is 15.9. The fourth-order valence-electron chi connectivity index (χ4n) is 9.20. The second-order valence-electron chi connectivity index (χ2n) is 15.9. The van der Waals surface area contributed by atoms with Crippen molar-refractivity contribution in [3.8, 4) is 0 Å². The highest BCUT2D eigenvalue weighted by molar-refractivity contribution is 5.84. The van der Waals surface area contributed by atoms with E-state index in [9.17, 15) is 4.79 Å². The van der Waals surface area contributed by atoms with E-state index in [-0.39, 0.29) is 6.61 Å². The van der Waals surface area contributed by atoms with Crippen molar-refractivity contribution in [3.05, 3.63) is 232 Å². The fraction of sp³-hybridized carbons (Fsp3) is 0.196. The van der Waals surface area contributed by atoms with Gasteiger partial charge in [0.1, 0.15) is 41.3 Å². The van der Waals surface area contributed by atoms with E-state index in [0.29, 0.717) is 17.0 Å². The van der Waals surface area contributed by atoms with Crippen LogP contribution >= 0.6 is 0 Å². The van der Waals surface area contributed by atoms with Crippen molar-refractivity contribution in [1.29, 1.82) is 0 Å². The molecule has 6 aromatic carbocycles. The quantitative estimate of drug-likeness (QED) is 0.118. The number of H-pyrrole nitrogens is 1. The van der Waals surface area contributed by atoms with Crippen molar-refractivity contribution < 1.29 is 18.9 Å². The standard InChI is InChI=1S/C51H45N5O5/c1-49(2)60-43-41(33-58-51(38-27-15-6-16-28-38,39-29-17-7-18-30-39)40-31-19-8-20-32-40)59-47(44(43)61-49)56-46-42(54-48(56)57)45(52-34-53-46)55-50(35-21-9-3-10-22-35,36-23-11-4-12-24-36)37-25-13-5-14-26-37/h3-32,34,41,43-44,47H,33H2,1-2H3,(H,54,57)(H,52,53,55)/t41-,43-,44-,47-/m1/s1. The number of hydrogen-bond donors (Lipinski definition) is 2. The molecule has 2 N–H and O–H groups in total. The van der Waals surface area contributed by atoms with Crippen LogP contribution in [0.2, 0.25) is 0 Å². The Morgan fingerprint density at radius 2 is 1.05 bits per heavy atom. The number of nitrogens with zero attached hydrogens (tertiary/aromatic N) is 3. The van der Waals surface area contributed by atoms with Crippen LogP contribution in [0, 0.1) is 0 Å². The lowest BCUT2D eigenvalue weighted by Crippen LogP contribution is -2.39. The lowest BCUT2D eigenvalue weighted by Gasteiger charge is -2.37. The molecule has 0 unspecified atom stereocenters. The molecule has 4 heterocycles. The first-order valence-corrected chi connectivity index (χ1v) is 20.6. The minimum Gasteiger partial charge on any atom is -0.358 e. The van der Waals surface area contributed by atoms with Crippen LogP contribution in [-0.4, -0.2) is 50.2 Å². The molecule has 10 rings (SSSR count). The summed E-state index contributed by atoms with van der Waals surface area (Å²) in [5.41, 5.74) is 4.31. The van der Waals surface area contributed by atoms with Gasteiger partial charge in [0.25, 0.3) is 0 Å². The van der Waals surface area contributed by atoms with E-state index in [1.165, 1.54) is 10.9 Å². The van der Waals surface area contributed by atoms with Gasteiger partial charge in [-0.3, -0.25) is 0 Å². The predicted molar refractivity (Wildman–Crippen MR) is 234 cm³/mol. The minimum absolute atomic E-state index is 0.114. The highest BCUT2D eigenvalue weighted by Gasteiger charge is 2.57. The Labute approximate surface area is 353 Å². The number of benzene rings is 6. The third kappa shape index (κ3) is 6.74. The van der Waals surface area contributed by atoms with Gasteiger partial charge < -0.3 is 29.2 Å². The fourth-order valence-corrected chi connectivity index (χ4v) is 9.20. The zero-order chi connectivity index (χ0) is 41.4. The third-order valence-electron chi connectivity index (χ3n) is 11.8. The molecule has 2 aromatic heterocycles. The van der Waals surface area contributed by atoms with E-state index >= 15 is 0 Å². The molecular weight excluding hydrogens is 763 g/mol. The second kappa shape index (κ2) is 15.7. The molecule has 10 heteroatoms. The maximum atomic E-state index is 14.4. The van der Waals surface area contributed by atoms with Crippen LogP contribution in [0.15, 0.2) is 193 Å². The number of nitrogens with one attached hydrogen (secondary N) is 2. The van der Waals surface area contributed by atoms with Crippen LogP contribution in [0.1, 0.15) is 53.5 Å². The summed E-state index contributed by atoms with van der Waals surface area (Å²) in [6.45, 7) is 3.87. The third-order valence-corrected chi connectivity index (χ3v) is 11.8. The van der Waals surface area contributed by atoms with Crippen molar-refractivity contribution in [2.24, 2.45) is 0 Å². The smallest absolute Gasteiger partial charge is 0.330 e. The molecule has 0 amide bonds. The highest BCUT2D eigenvalue weighted by Crippen LogP contribution is 2.47. The van der Waals surface area contributed by atoms with Gasteiger partial charge in [-0.15, -0.1) is 0 Å². The van der Waals surface area contributed by atoms with Gasteiger partial charge in [-0.05, 0) is 47.2 Å². The largest absolute Gasteiger partial charge is 0.358 e. The van der Waals surface area contributed by atoms with E-state index in [1.807, 2.05) is 123 Å². The van der Waals surface area contributed by atoms with E-state index in [2.05, 4.69) is 83.1 Å². The molecule has 0 bridgehead atoms. The molecule has 2 aliphatic rings. The number of aromatic amines is 1. The van der Waals surface area contributed by atoms with E-state index < -0.39 is 47.2 Å². The van der Waals surface area contributed by atoms with Crippen LogP contribution in [0.5, 0.6) is 0 Å². The normalized spacial score (nSPS) is 19.8. The molecule has 4 atom stereocenters. The molecule has 8 aromatic rings. The zero-order valence-electron chi connectivity index (χ0n) is 33.8. The topological polar surface area (TPSA) is 113 Å². The van der Waals surface area contributed by atoms with Gasteiger partial charge in [0, 0.05) is 0 Å². The Hall–Kier alpha value is -6.69. The summed E-state index contributed by atoms with van der Waals surface area (Å²) in [5.74, 6) is -0.516. The SMILES string of the molecule is CC1(C)O[C@@H]2[C@H](O1)[C@@H](COC(c1ccccc1)(c1ccccc1)c1ccccc1)O[C@H]2n1c(=O)[nH]c2c(NC(c3ccccc3)(c3ccccc3)c3ccccc3)ncnc21. The molecule has 61 heavy (non-hydrogen) atoms. The molecular formula is C51H45N5O5. The average molecular weight is 808 g/mol. The van der Waals surface area contributed by atoms with Gasteiger partial charge in [-0.2, -0.15) is 0 Å². The number of ether oxygens (including phenoxy) is 4. The van der Waals surface area contributed by atoms with Crippen LogP contribution in [0.3, 0.4) is 0 Å². The average Bonchev–Trinajstić information content (AvgIpc) is 3.94. The van der Waals surface area contributed by atoms with Gasteiger partial charge >= 0.3 is 5.69 Å². The summed E-state index contributed by atoms with van der Waals surface area (Å²) in [5, 5.41) is 3.82. The first-order chi connectivity index (χ1) is 29.9. The minimum atomic E-state index is -0.996. The van der Waals surface area contributed by atoms with Crippen LogP contribution in [0.25, 0.3) is 11.2 Å². The number of rotatable bonds is 12. The summed E-state index contributed by atoms with van der Waals surface area (Å²) in [6, 6.07) is 61.3. The molecule has 2 saturated heterocycles. The lowest BCUT2D eigenvalue weighted by atomic mass is 9.77. The summed E-state index contributed by atoms with van der Waals surface area (Å²) in [6.07, 6.45) is -1.31. The maximum Gasteiger partial charge on any atom is 0.330 e. The molecule has 0 spiro atoms. The molecule has 0 aliphatic carbocycles. The van der Waals surface area contributed by atoms with Gasteiger partial charge in [-0.25, -0.2) is 19.3 Å². The number of hydrogen-bond acceptors (Lipinski definition) is 8. The van der Waals surface area contributed by atoms with Crippen molar-refractivity contribution >= 4 is 17.0 Å². The molecule has 2 fully saturated rings. The van der Waals surface area contributed by atoms with Crippen molar-refractivity contribution in [2.75, 3.05) is 11.9 Å². The molecule has 10 nitrogen and oxygen atoms in total. The maximum absolute atomic E-state index is 14.4. The van der Waals surface area contributed by atoms with Crippen LogP contribution in [-0.2, 0) is 30.1 Å². The van der Waals surface area contributed by atoms with Gasteiger partial charge in [0.05, 0.1) is 6.61 Å². The van der Waals surface area contributed by atoms with Gasteiger partial charge in [-0.1, -0.05) is 182 Å². The molecule has 0 saturated carbocycles. The summed E-state index contributed by atoms with van der Waals surface area (Å²) < 4.78 is 28.8. The van der Waals surface area contributed by atoms with Gasteiger partial charge in [0.2, 0.25) is 0 Å². The predicted octanol–water partition coefficient (Wildman–Crippen LogP) is 8.95.